The fourth-order valence-corrected chi connectivity index (χ4v) is 18.0. The van der Waals surface area contributed by atoms with E-state index in [4.69, 9.17) is 34.2 Å². The second-order valence-corrected chi connectivity index (χ2v) is 37.6. The van der Waals surface area contributed by atoms with Gasteiger partial charge in [-0.05, 0) is 221 Å². The number of hydrogen-bond donors (Lipinski definition) is 8. The Morgan fingerprint density at radius 1 is 0.414 bits per heavy atom. The number of esters is 3. The molecule has 0 bridgehead atoms. The summed E-state index contributed by atoms with van der Waals surface area (Å²) in [4.78, 5) is 79.9. The molecule has 1 unspecified atom stereocenters. The van der Waals surface area contributed by atoms with Crippen molar-refractivity contribution in [2.75, 3.05) is 16.0 Å². The Hall–Kier alpha value is -12.0. The normalized spacial score (nSPS) is 15.6. The van der Waals surface area contributed by atoms with E-state index in [-0.39, 0.29) is 150 Å². The number of rotatable bonds is 31. The third-order valence-electron chi connectivity index (χ3n) is 23.5. The number of para-hydroxylation sites is 3. The van der Waals surface area contributed by atoms with Crippen LogP contribution in [-0.4, -0.2) is 123 Å². The maximum absolute atomic E-state index is 14.5. The zero-order valence-electron chi connectivity index (χ0n) is 82.6. The van der Waals surface area contributed by atoms with Gasteiger partial charge in [0.1, 0.15) is 34.8 Å². The molecule has 0 saturated carbocycles. The molecule has 3 amide bonds. The third kappa shape index (κ3) is 29.4. The summed E-state index contributed by atoms with van der Waals surface area (Å²) in [5, 5.41) is 53.0. The van der Waals surface area contributed by atoms with E-state index in [1.54, 1.807) is 57.2 Å². The Morgan fingerprint density at radius 2 is 0.729 bits per heavy atom. The number of amides is 3. The topological polar surface area (TPSA) is 301 Å². The molecule has 10 aromatic carbocycles. The molecule has 0 radical (unpaired) electrons. The molecule has 0 spiro atoms. The van der Waals surface area contributed by atoms with Crippen LogP contribution in [-0.2, 0) is 57.7 Å². The number of cyclic esters (lactones) is 1. The van der Waals surface area contributed by atoms with Crippen LogP contribution < -0.4 is 67.3 Å². The zero-order chi connectivity index (χ0) is 99.8. The Bertz CT molecular complexity index is 6230. The van der Waals surface area contributed by atoms with E-state index < -0.39 is 60.0 Å². The number of nitrogens with zero attached hydrogens (tertiary/aromatic N) is 3. The Kier molecular flexibility index (Phi) is 39.4. The standard InChI is InChI=1S/C44H47FN2O5.C37H43FN2O5.C33H33FN2O4.K.H2O2.H/c1-29(2)40-39(42(49)46-34-19-13-8-14-20-34)38(30-15-9-6-10-16-30)41(31-21-23-33(45)24-22-31)47(40)26-25-35-27-36(28-37(48)52-44(3,4)5)51-43(50-35)32-17-11-7-12-18-32;1-24(2)34-33(36(44)39-28-14-10-7-11-15-28)32(25-12-8-6-9-13-25)35(26-16-18-27(38)19-17-26)40(34)21-20-29(41)22-30(42)23-31(43)45-37(3,4)5;1-21(2)31-30(33(39)35-25-11-7-4-8-12-25)29(22-9-5-3-6-10-22)32(23-13-15-24(34)16-14-23)36(31)18-17-27-19-26(37)20-28(38)40-27;;1-2;/h6-24,29,35-36,43H,25-28H2,1-5H3,(H,46,49);6-19,24,29-30,41-42H,20-23H2,1-5H3,(H,39,44);3-16,21,26-27,37H,17-20H2,1-2H3,(H,35,39);;1-2H;/q;;;+1;;-1/t35-,36-,43-;29-,30?;26-,27-;;;/m111.../s1. The minimum atomic E-state index is -1.08. The van der Waals surface area contributed by atoms with Crippen molar-refractivity contribution in [3.63, 3.8) is 0 Å². The van der Waals surface area contributed by atoms with Gasteiger partial charge in [0, 0.05) is 95.3 Å². The van der Waals surface area contributed by atoms with Crippen molar-refractivity contribution in [1.29, 1.82) is 0 Å². The predicted molar refractivity (Wildman–Crippen MR) is 538 cm³/mol. The number of aromatic nitrogens is 3. The zero-order valence-corrected chi connectivity index (χ0v) is 84.7. The minimum Gasteiger partial charge on any atom is -1.00 e. The molecule has 730 valence electrons. The van der Waals surface area contributed by atoms with E-state index in [0.717, 1.165) is 84.2 Å². The van der Waals surface area contributed by atoms with Crippen molar-refractivity contribution in [2.45, 2.75) is 232 Å². The van der Waals surface area contributed by atoms with Crippen LogP contribution in [0.2, 0.25) is 0 Å². The van der Waals surface area contributed by atoms with Crippen LogP contribution in [0.3, 0.4) is 0 Å². The summed E-state index contributed by atoms with van der Waals surface area (Å²) in [5.74, 6) is -3.28. The van der Waals surface area contributed by atoms with Gasteiger partial charge in [-0.3, -0.25) is 39.3 Å². The largest absolute Gasteiger partial charge is 1.00 e. The van der Waals surface area contributed by atoms with Gasteiger partial charge in [-0.25, -0.2) is 13.2 Å². The second-order valence-electron chi connectivity index (χ2n) is 37.6. The van der Waals surface area contributed by atoms with Crippen LogP contribution in [0.4, 0.5) is 30.2 Å². The summed E-state index contributed by atoms with van der Waals surface area (Å²) >= 11 is 0. The molecule has 3 aromatic heterocycles. The fourth-order valence-electron chi connectivity index (χ4n) is 18.0. The van der Waals surface area contributed by atoms with E-state index >= 15 is 0 Å². The van der Waals surface area contributed by atoms with Crippen LogP contribution in [0.1, 0.15) is 220 Å². The molecule has 2 fully saturated rings. The number of ether oxygens (including phenoxy) is 5. The predicted octanol–water partition coefficient (Wildman–Crippen LogP) is 21.8. The molecule has 15 rings (SSSR count). The van der Waals surface area contributed by atoms with Gasteiger partial charge in [0.05, 0.1) is 83.6 Å². The van der Waals surface area contributed by atoms with Crippen molar-refractivity contribution in [1.82, 2.24) is 13.7 Å². The van der Waals surface area contributed by atoms with Crippen molar-refractivity contribution >= 4 is 52.7 Å². The maximum atomic E-state index is 14.5. The van der Waals surface area contributed by atoms with Crippen LogP contribution >= 0.6 is 0 Å². The maximum Gasteiger partial charge on any atom is 1.00 e. The molecule has 8 N–H and O–H groups in total. The molecule has 7 atom stereocenters. The van der Waals surface area contributed by atoms with Crippen molar-refractivity contribution < 1.29 is 144 Å². The first-order valence-corrected chi connectivity index (χ1v) is 47.2. The Morgan fingerprint density at radius 3 is 1.06 bits per heavy atom. The molecule has 2 aliphatic rings. The summed E-state index contributed by atoms with van der Waals surface area (Å²) in [6.07, 6.45) is -2.58. The number of anilines is 3. The van der Waals surface area contributed by atoms with Gasteiger partial charge in [0.25, 0.3) is 17.7 Å². The molecule has 2 aliphatic heterocycles. The second kappa shape index (κ2) is 50.9. The van der Waals surface area contributed by atoms with E-state index in [1.807, 2.05) is 265 Å². The first-order valence-electron chi connectivity index (χ1n) is 47.2. The number of nitrogens with one attached hydrogen (secondary N) is 3. The number of carbonyl (C=O) groups excluding carboxylic acids is 6. The Labute approximate surface area is 861 Å². The van der Waals surface area contributed by atoms with Gasteiger partial charge < -0.3 is 70.1 Å². The number of hydrogen-bond acceptors (Lipinski definition) is 16. The molecule has 5 heterocycles. The molecule has 26 heteroatoms. The number of aliphatic hydroxyl groups excluding tert-OH is 3. The number of aliphatic hydroxyl groups is 3. The fraction of sp³-hybridized carbons (Fsp3) is 0.316. The number of carbonyl (C=O) groups is 6. The van der Waals surface area contributed by atoms with Crippen LogP contribution in [0.5, 0.6) is 0 Å². The van der Waals surface area contributed by atoms with E-state index in [0.29, 0.717) is 84.6 Å². The van der Waals surface area contributed by atoms with Gasteiger partial charge in [0.2, 0.25) is 0 Å². The smallest absolute Gasteiger partial charge is 1.00 e. The monoisotopic (exact) mass is 1930 g/mol. The van der Waals surface area contributed by atoms with Gasteiger partial charge >= 0.3 is 69.3 Å². The van der Waals surface area contributed by atoms with E-state index in [2.05, 4.69) is 38.9 Å². The average Bonchev–Trinajstić information content (AvgIpc) is 1.60. The molecule has 0 aliphatic carbocycles. The average molecular weight is 1930 g/mol. The van der Waals surface area contributed by atoms with Crippen molar-refractivity contribution in [3.05, 3.63) is 342 Å². The third-order valence-corrected chi connectivity index (χ3v) is 23.5. The first kappa shape index (κ1) is 108. The molecule has 2 saturated heterocycles. The van der Waals surface area contributed by atoms with E-state index in [9.17, 15) is 57.3 Å². The molecule has 13 aromatic rings. The van der Waals surface area contributed by atoms with Gasteiger partial charge in [0.15, 0.2) is 6.29 Å². The van der Waals surface area contributed by atoms with Crippen molar-refractivity contribution in [3.8, 4) is 67.2 Å². The van der Waals surface area contributed by atoms with Crippen molar-refractivity contribution in [2.24, 2.45) is 0 Å². The molecular formula is C114H126F3KN6O16. The van der Waals surface area contributed by atoms with Gasteiger partial charge in [-0.1, -0.05) is 217 Å². The SMILES string of the molecule is CC(C)c1c(C(=O)Nc2ccccc2)c(-c2ccccc2)c(-c2ccc(F)cc2)n1CC[C@@H](O)CC(O)CC(=O)OC(C)(C)C.CC(C)c1c(C(=O)Nc2ccccc2)c(-c2ccccc2)c(-c2ccc(F)cc2)n1CC[C@@H]1C[C@@H](O)CC(=O)O1.CC(C)c1c(C(=O)Nc2ccccc2)c(-c2ccccc2)c(-c2ccc(F)cc2)n1CC[C@@H]1C[C@H](CC(=O)OC(C)(C)C)O[C@H](c2ccccc2)O1.OO.[H-].[K+]. The van der Waals surface area contributed by atoms with Crippen LogP contribution in [0, 0.1) is 17.5 Å². The minimum absolute atomic E-state index is 0. The summed E-state index contributed by atoms with van der Waals surface area (Å²) in [5.41, 5.74) is 15.1. The van der Waals surface area contributed by atoms with Crippen LogP contribution in [0.25, 0.3) is 67.2 Å². The summed E-state index contributed by atoms with van der Waals surface area (Å²) in [7, 11) is 0. The number of benzene rings is 10. The number of halogens is 3. The quantitative estimate of drug-likeness (QED) is 0.00658. The molecule has 22 nitrogen and oxygen atoms in total. The molecule has 140 heavy (non-hydrogen) atoms. The molecular weight excluding hydrogens is 1810 g/mol. The summed E-state index contributed by atoms with van der Waals surface area (Å²) in [6, 6.07) is 85.8. The van der Waals surface area contributed by atoms with Crippen LogP contribution in [0.15, 0.2) is 285 Å². The van der Waals surface area contributed by atoms with E-state index in [1.165, 1.54) is 36.4 Å². The summed E-state index contributed by atoms with van der Waals surface area (Å²) < 4.78 is 78.3. The van der Waals surface area contributed by atoms with Gasteiger partial charge in [-0.2, -0.15) is 0 Å². The first-order chi connectivity index (χ1) is 66.6. The Balaban J connectivity index is 0.000000216. The van der Waals surface area contributed by atoms with Gasteiger partial charge in [-0.15, -0.1) is 0 Å². The summed E-state index contributed by atoms with van der Waals surface area (Å²) in [6.45, 7) is 24.3.